The van der Waals surface area contributed by atoms with E-state index >= 15 is 0 Å². The fraction of sp³-hybridized carbons (Fsp3) is 0.464. The highest BCUT2D eigenvalue weighted by atomic mass is 79.9. The summed E-state index contributed by atoms with van der Waals surface area (Å²) in [5.74, 6) is 0.434. The number of ether oxygens (including phenoxy) is 1. The number of aromatic nitrogens is 2. The van der Waals surface area contributed by atoms with E-state index in [2.05, 4.69) is 58.5 Å². The topological polar surface area (TPSA) is 92.0 Å². The minimum absolute atomic E-state index is 0.0681. The van der Waals surface area contributed by atoms with Crippen molar-refractivity contribution in [3.63, 3.8) is 0 Å². The molecule has 2 aromatic heterocycles. The Kier molecular flexibility index (Phi) is 7.42. The highest BCUT2D eigenvalue weighted by Crippen LogP contribution is 2.47. The summed E-state index contributed by atoms with van der Waals surface area (Å²) in [5, 5.41) is 20.3. The van der Waals surface area contributed by atoms with Crippen LogP contribution in [-0.2, 0) is 12.8 Å². The molecule has 1 amide bonds. The molecule has 0 saturated carbocycles. The van der Waals surface area contributed by atoms with Crippen LogP contribution >= 0.6 is 27.3 Å². The second-order valence-corrected chi connectivity index (χ2v) is 13.2. The second kappa shape index (κ2) is 10.4. The zero-order valence-electron chi connectivity index (χ0n) is 22.4. The highest BCUT2D eigenvalue weighted by Gasteiger charge is 2.48. The summed E-state index contributed by atoms with van der Waals surface area (Å²) in [5.41, 5.74) is 1.95. The number of hydrogen-bond donors (Lipinski definition) is 2. The molecule has 0 bridgehead atoms. The third-order valence-electron chi connectivity index (χ3n) is 7.86. The number of benzene rings is 1. The Bertz CT molecular complexity index is 1480. The maximum Gasteiger partial charge on any atom is 0.410 e. The first-order valence-electron chi connectivity index (χ1n) is 12.9. The Morgan fingerprint density at radius 2 is 1.98 bits per heavy atom. The fourth-order valence-corrected chi connectivity index (χ4v) is 7.31. The average molecular weight is 637 g/mol. The van der Waals surface area contributed by atoms with Gasteiger partial charge in [-0.25, -0.2) is 4.68 Å². The predicted octanol–water partition coefficient (Wildman–Crippen LogP) is 7.65. The van der Waals surface area contributed by atoms with E-state index in [9.17, 15) is 23.2 Å². The summed E-state index contributed by atoms with van der Waals surface area (Å²) >= 11 is 4.70. The largest absolute Gasteiger partial charge is 0.497 e. The van der Waals surface area contributed by atoms with Gasteiger partial charge in [-0.3, -0.25) is 4.79 Å². The SMILES string of the molecule is COc1ccc([C@H]2C[C@H](C(F)(F)F)n3nc(C(=O)Nc4sc5c(c4C#N)CC[C@@H](C(C)(C)C)C5)c(Br)c3N2)cc1. The number of halogens is 4. The van der Waals surface area contributed by atoms with Gasteiger partial charge in [-0.2, -0.15) is 23.5 Å². The maximum atomic E-state index is 14.2. The number of carbonyl (C=O) groups excluding carboxylic acids is 1. The number of amides is 1. The molecule has 212 valence electrons. The van der Waals surface area contributed by atoms with E-state index < -0.39 is 24.2 Å². The van der Waals surface area contributed by atoms with Crippen LogP contribution in [0.3, 0.4) is 0 Å². The number of alkyl halides is 3. The Morgan fingerprint density at radius 1 is 1.27 bits per heavy atom. The van der Waals surface area contributed by atoms with E-state index in [-0.39, 0.29) is 27.8 Å². The van der Waals surface area contributed by atoms with Crippen molar-refractivity contribution in [3.8, 4) is 11.8 Å². The Morgan fingerprint density at radius 3 is 2.58 bits per heavy atom. The molecular formula is C28H29BrF3N5O2S. The van der Waals surface area contributed by atoms with Gasteiger partial charge in [-0.05, 0) is 69.8 Å². The van der Waals surface area contributed by atoms with Crippen molar-refractivity contribution in [1.82, 2.24) is 9.78 Å². The molecule has 12 heteroatoms. The number of nitriles is 1. The molecular weight excluding hydrogens is 607 g/mol. The molecule has 0 unspecified atom stereocenters. The second-order valence-electron chi connectivity index (χ2n) is 11.3. The molecule has 1 aliphatic carbocycles. The van der Waals surface area contributed by atoms with Crippen LogP contribution in [0.25, 0.3) is 0 Å². The smallest absolute Gasteiger partial charge is 0.410 e. The number of rotatable bonds is 4. The van der Waals surface area contributed by atoms with Gasteiger partial charge >= 0.3 is 6.18 Å². The lowest BCUT2D eigenvalue weighted by atomic mass is 9.72. The summed E-state index contributed by atoms with van der Waals surface area (Å²) in [7, 11) is 1.52. The Hall–Kier alpha value is -3.04. The van der Waals surface area contributed by atoms with Gasteiger partial charge in [0, 0.05) is 11.3 Å². The van der Waals surface area contributed by atoms with E-state index in [0.717, 1.165) is 34.4 Å². The Labute approximate surface area is 242 Å². The van der Waals surface area contributed by atoms with Crippen LogP contribution in [0.2, 0.25) is 0 Å². The van der Waals surface area contributed by atoms with Crippen molar-refractivity contribution in [1.29, 1.82) is 5.26 Å². The number of methoxy groups -OCH3 is 1. The molecule has 40 heavy (non-hydrogen) atoms. The molecule has 5 rings (SSSR count). The van der Waals surface area contributed by atoms with Gasteiger partial charge in [0.25, 0.3) is 5.91 Å². The van der Waals surface area contributed by atoms with Crippen molar-refractivity contribution >= 4 is 44.0 Å². The fourth-order valence-electron chi connectivity index (χ4n) is 5.48. The van der Waals surface area contributed by atoms with E-state index in [1.165, 1.54) is 18.4 Å². The van der Waals surface area contributed by atoms with Crippen LogP contribution in [-0.4, -0.2) is 29.0 Å². The third kappa shape index (κ3) is 5.21. The molecule has 1 aromatic carbocycles. The summed E-state index contributed by atoms with van der Waals surface area (Å²) in [6.07, 6.45) is -2.37. The number of nitrogens with one attached hydrogen (secondary N) is 2. The molecule has 0 saturated heterocycles. The Balaban J connectivity index is 1.45. The molecule has 2 N–H and O–H groups in total. The standard InChI is InChI=1S/C28H29BrF3N5O2S/c1-27(2,3)15-7-10-17-18(13-33)26(40-20(17)11-15)35-25(38)23-22(29)24-34-19(14-5-8-16(39-4)9-6-14)12-21(28(30,31)32)37(24)36-23/h5-6,8-9,15,19,21,34H,7,10-12H2,1-4H3,(H,35,38)/t15-,19-,21-/m1/s1. The number of carbonyl (C=O) groups is 1. The highest BCUT2D eigenvalue weighted by molar-refractivity contribution is 9.10. The van der Waals surface area contributed by atoms with E-state index in [1.54, 1.807) is 24.3 Å². The average Bonchev–Trinajstić information content (AvgIpc) is 3.43. The van der Waals surface area contributed by atoms with E-state index in [0.29, 0.717) is 27.8 Å². The van der Waals surface area contributed by atoms with E-state index in [1.807, 2.05) is 0 Å². The quantitative estimate of drug-likeness (QED) is 0.307. The number of fused-ring (bicyclic) bond motifs is 2. The monoisotopic (exact) mass is 635 g/mol. The van der Waals surface area contributed by atoms with Gasteiger partial charge in [0.05, 0.1) is 23.2 Å². The van der Waals surface area contributed by atoms with Gasteiger partial charge in [-0.1, -0.05) is 32.9 Å². The van der Waals surface area contributed by atoms with Crippen molar-refractivity contribution in [2.45, 2.75) is 64.7 Å². The lowest BCUT2D eigenvalue weighted by Crippen LogP contribution is -2.35. The van der Waals surface area contributed by atoms with Gasteiger partial charge in [0.2, 0.25) is 0 Å². The van der Waals surface area contributed by atoms with Gasteiger partial charge in [-0.15, -0.1) is 11.3 Å². The maximum absolute atomic E-state index is 14.2. The molecule has 7 nitrogen and oxygen atoms in total. The summed E-state index contributed by atoms with van der Waals surface area (Å²) in [4.78, 5) is 14.5. The van der Waals surface area contributed by atoms with Crippen molar-refractivity contribution in [2.24, 2.45) is 11.3 Å². The van der Waals surface area contributed by atoms with Crippen molar-refractivity contribution in [2.75, 3.05) is 17.7 Å². The number of hydrogen-bond acceptors (Lipinski definition) is 6. The molecule has 1 aliphatic heterocycles. The molecule has 0 spiro atoms. The minimum Gasteiger partial charge on any atom is -0.497 e. The summed E-state index contributed by atoms with van der Waals surface area (Å²) in [6.45, 7) is 6.59. The first-order valence-corrected chi connectivity index (χ1v) is 14.5. The van der Waals surface area contributed by atoms with Gasteiger partial charge in [0.15, 0.2) is 11.7 Å². The normalized spacial score (nSPS) is 20.6. The lowest BCUT2D eigenvalue weighted by Gasteiger charge is -2.33. The zero-order chi connectivity index (χ0) is 29.0. The first kappa shape index (κ1) is 28.5. The van der Waals surface area contributed by atoms with Crippen LogP contribution in [0.15, 0.2) is 28.7 Å². The van der Waals surface area contributed by atoms with Crippen LogP contribution in [0.4, 0.5) is 24.0 Å². The van der Waals surface area contributed by atoms with Gasteiger partial charge < -0.3 is 15.4 Å². The first-order chi connectivity index (χ1) is 18.8. The lowest BCUT2D eigenvalue weighted by molar-refractivity contribution is -0.173. The molecule has 3 atom stereocenters. The predicted molar refractivity (Wildman–Crippen MR) is 151 cm³/mol. The molecule has 2 aliphatic rings. The molecule has 0 fully saturated rings. The third-order valence-corrected chi connectivity index (χ3v) is 9.78. The van der Waals surface area contributed by atoms with E-state index in [4.69, 9.17) is 4.74 Å². The van der Waals surface area contributed by atoms with Crippen molar-refractivity contribution in [3.05, 3.63) is 56.0 Å². The summed E-state index contributed by atoms with van der Waals surface area (Å²) in [6, 6.07) is 6.43. The molecule has 3 heterocycles. The molecule has 0 radical (unpaired) electrons. The number of thiophene rings is 1. The van der Waals surface area contributed by atoms with Crippen LogP contribution in [0.5, 0.6) is 5.75 Å². The van der Waals surface area contributed by atoms with Gasteiger partial charge in [0.1, 0.15) is 22.6 Å². The van der Waals surface area contributed by atoms with Crippen LogP contribution < -0.4 is 15.4 Å². The van der Waals surface area contributed by atoms with Crippen LogP contribution in [0.1, 0.15) is 77.8 Å². The minimum atomic E-state index is -4.59. The summed E-state index contributed by atoms with van der Waals surface area (Å²) < 4.78 is 48.7. The van der Waals surface area contributed by atoms with Crippen molar-refractivity contribution < 1.29 is 22.7 Å². The molecule has 3 aromatic rings. The number of nitrogens with zero attached hydrogens (tertiary/aromatic N) is 3. The van der Waals surface area contributed by atoms with Crippen LogP contribution in [0, 0.1) is 22.7 Å². The zero-order valence-corrected chi connectivity index (χ0v) is 24.9. The number of anilines is 2.